The molecular formula is C60H114O6. The Labute approximate surface area is 411 Å². The molecular weight excluding hydrogens is 817 g/mol. The molecule has 0 aromatic carbocycles. The molecule has 0 N–H and O–H groups in total. The van der Waals surface area contributed by atoms with Crippen molar-refractivity contribution < 1.29 is 28.6 Å². The number of unbranched alkanes of at least 4 members (excludes halogenated alkanes) is 42. The van der Waals surface area contributed by atoms with Gasteiger partial charge in [-0.25, -0.2) is 0 Å². The topological polar surface area (TPSA) is 78.9 Å². The summed E-state index contributed by atoms with van der Waals surface area (Å²) < 4.78 is 16.9. The third kappa shape index (κ3) is 53.1. The van der Waals surface area contributed by atoms with Crippen molar-refractivity contribution in [2.24, 2.45) is 0 Å². The van der Waals surface area contributed by atoms with Crippen LogP contribution < -0.4 is 0 Å². The van der Waals surface area contributed by atoms with Crippen LogP contribution in [-0.2, 0) is 28.6 Å². The lowest BCUT2D eigenvalue weighted by atomic mass is 10.0. The molecule has 1 atom stereocenters. The molecule has 6 nitrogen and oxygen atoms in total. The third-order valence-electron chi connectivity index (χ3n) is 13.5. The fraction of sp³-hybridized carbons (Fsp3) is 0.917. The maximum Gasteiger partial charge on any atom is 0.306 e. The van der Waals surface area contributed by atoms with E-state index in [-0.39, 0.29) is 31.1 Å². The first-order chi connectivity index (χ1) is 32.5. The average Bonchev–Trinajstić information content (AvgIpc) is 3.31. The molecule has 0 spiro atoms. The fourth-order valence-electron chi connectivity index (χ4n) is 9.03. The van der Waals surface area contributed by atoms with Gasteiger partial charge >= 0.3 is 17.9 Å². The highest BCUT2D eigenvalue weighted by molar-refractivity contribution is 5.71. The van der Waals surface area contributed by atoms with Gasteiger partial charge in [-0.1, -0.05) is 283 Å². The summed E-state index contributed by atoms with van der Waals surface area (Å²) in [5.74, 6) is -0.844. The first-order valence-corrected chi connectivity index (χ1v) is 29.7. The second-order valence-corrected chi connectivity index (χ2v) is 20.3. The van der Waals surface area contributed by atoms with Gasteiger partial charge in [-0.15, -0.1) is 0 Å². The van der Waals surface area contributed by atoms with Gasteiger partial charge in [0.1, 0.15) is 13.2 Å². The summed E-state index contributed by atoms with van der Waals surface area (Å²) in [7, 11) is 0. The fourth-order valence-corrected chi connectivity index (χ4v) is 9.03. The van der Waals surface area contributed by atoms with Crippen LogP contribution >= 0.6 is 0 Å². The Morgan fingerprint density at radius 1 is 0.288 bits per heavy atom. The first-order valence-electron chi connectivity index (χ1n) is 29.7. The van der Waals surface area contributed by atoms with Gasteiger partial charge in [0.25, 0.3) is 0 Å². The predicted molar refractivity (Wildman–Crippen MR) is 284 cm³/mol. The van der Waals surface area contributed by atoms with Crippen molar-refractivity contribution >= 4 is 17.9 Å². The molecule has 0 amide bonds. The molecule has 0 saturated carbocycles. The third-order valence-corrected chi connectivity index (χ3v) is 13.5. The zero-order valence-electron chi connectivity index (χ0n) is 44.7. The zero-order valence-corrected chi connectivity index (χ0v) is 44.7. The van der Waals surface area contributed by atoms with E-state index in [1.165, 1.54) is 238 Å². The minimum absolute atomic E-state index is 0.0645. The van der Waals surface area contributed by atoms with Crippen molar-refractivity contribution in [3.05, 3.63) is 12.2 Å². The molecule has 6 heteroatoms. The lowest BCUT2D eigenvalue weighted by Gasteiger charge is -2.18. The van der Waals surface area contributed by atoms with Crippen LogP contribution in [0.1, 0.15) is 335 Å². The van der Waals surface area contributed by atoms with Gasteiger partial charge in [0.05, 0.1) is 0 Å². The van der Waals surface area contributed by atoms with Gasteiger partial charge in [0.15, 0.2) is 6.10 Å². The Balaban J connectivity index is 4.17. The quantitative estimate of drug-likeness (QED) is 0.0262. The molecule has 66 heavy (non-hydrogen) atoms. The second kappa shape index (κ2) is 55.7. The van der Waals surface area contributed by atoms with Gasteiger partial charge in [-0.2, -0.15) is 0 Å². The van der Waals surface area contributed by atoms with E-state index in [9.17, 15) is 14.4 Å². The summed E-state index contributed by atoms with van der Waals surface area (Å²) in [6.45, 7) is 6.68. The Hall–Kier alpha value is -1.85. The molecule has 0 rings (SSSR count). The van der Waals surface area contributed by atoms with Gasteiger partial charge in [-0.3, -0.25) is 14.4 Å². The van der Waals surface area contributed by atoms with Crippen LogP contribution in [0.25, 0.3) is 0 Å². The van der Waals surface area contributed by atoms with Crippen molar-refractivity contribution in [2.45, 2.75) is 341 Å². The summed E-state index contributed by atoms with van der Waals surface area (Å²) in [6, 6.07) is 0. The van der Waals surface area contributed by atoms with Crippen molar-refractivity contribution in [2.75, 3.05) is 13.2 Å². The largest absolute Gasteiger partial charge is 0.462 e. The van der Waals surface area contributed by atoms with Crippen LogP contribution in [0.3, 0.4) is 0 Å². The first kappa shape index (κ1) is 64.2. The number of rotatable bonds is 55. The molecule has 1 unspecified atom stereocenters. The highest BCUT2D eigenvalue weighted by Crippen LogP contribution is 2.17. The monoisotopic (exact) mass is 931 g/mol. The lowest BCUT2D eigenvalue weighted by molar-refractivity contribution is -0.167. The summed E-state index contributed by atoms with van der Waals surface area (Å²) >= 11 is 0. The number of carbonyl (C=O) groups excluding carboxylic acids is 3. The van der Waals surface area contributed by atoms with E-state index in [1.807, 2.05) is 0 Å². The van der Waals surface area contributed by atoms with Gasteiger partial charge in [0.2, 0.25) is 0 Å². The number of carbonyl (C=O) groups is 3. The highest BCUT2D eigenvalue weighted by atomic mass is 16.6. The van der Waals surface area contributed by atoms with Gasteiger partial charge in [0, 0.05) is 19.3 Å². The second-order valence-electron chi connectivity index (χ2n) is 20.3. The average molecular weight is 932 g/mol. The van der Waals surface area contributed by atoms with E-state index in [0.29, 0.717) is 19.3 Å². The number of esters is 3. The molecule has 0 radical (unpaired) electrons. The maximum atomic E-state index is 12.8. The normalized spacial score (nSPS) is 12.0. The van der Waals surface area contributed by atoms with Crippen molar-refractivity contribution in [1.82, 2.24) is 0 Å². The van der Waals surface area contributed by atoms with Crippen molar-refractivity contribution in [1.29, 1.82) is 0 Å². The van der Waals surface area contributed by atoms with E-state index in [4.69, 9.17) is 14.2 Å². The molecule has 0 bridgehead atoms. The van der Waals surface area contributed by atoms with Crippen LogP contribution in [0.2, 0.25) is 0 Å². The summed E-state index contributed by atoms with van der Waals surface area (Å²) in [5, 5.41) is 0. The Kier molecular flexibility index (Phi) is 54.2. The Morgan fingerprint density at radius 2 is 0.500 bits per heavy atom. The van der Waals surface area contributed by atoms with Gasteiger partial charge < -0.3 is 14.2 Å². The molecule has 0 aromatic heterocycles. The van der Waals surface area contributed by atoms with Crippen molar-refractivity contribution in [3.63, 3.8) is 0 Å². The molecule has 0 aromatic rings. The minimum atomic E-state index is -0.763. The van der Waals surface area contributed by atoms with Crippen LogP contribution in [0.5, 0.6) is 0 Å². The molecule has 0 fully saturated rings. The van der Waals surface area contributed by atoms with E-state index >= 15 is 0 Å². The predicted octanol–water partition coefficient (Wildman–Crippen LogP) is 19.7. The number of hydrogen-bond donors (Lipinski definition) is 0. The van der Waals surface area contributed by atoms with E-state index in [2.05, 4.69) is 32.9 Å². The summed E-state index contributed by atoms with van der Waals surface area (Å²) in [6.07, 6.45) is 63.6. The Morgan fingerprint density at radius 3 is 0.758 bits per heavy atom. The SMILES string of the molecule is CCCCCCCCCC/C=C\CCCCCCCCCCCCCC(=O)OCC(COC(=O)CCCCCCCCCCC)OC(=O)CCCCCCCCCCCCCCCCCC. The molecule has 0 saturated heterocycles. The maximum absolute atomic E-state index is 12.8. The standard InChI is InChI=1S/C60H114O6/c1-4-7-10-13-16-19-21-23-25-27-28-29-30-31-32-33-35-36-38-41-44-47-50-53-59(62)65-56-57(55-64-58(61)52-49-46-43-40-18-15-12-9-6-3)66-60(63)54-51-48-45-42-39-37-34-26-24-22-20-17-14-11-8-5-2/h27-28,57H,4-26,29-56H2,1-3H3/b28-27-. The molecule has 0 heterocycles. The van der Waals surface area contributed by atoms with Crippen LogP contribution in [0.15, 0.2) is 12.2 Å². The molecule has 0 aliphatic carbocycles. The van der Waals surface area contributed by atoms with Crippen molar-refractivity contribution in [3.8, 4) is 0 Å². The molecule has 0 aliphatic heterocycles. The summed E-state index contributed by atoms with van der Waals surface area (Å²) in [5.41, 5.74) is 0. The van der Waals surface area contributed by atoms with E-state index in [1.54, 1.807) is 0 Å². The van der Waals surface area contributed by atoms with Crippen LogP contribution in [-0.4, -0.2) is 37.2 Å². The van der Waals surface area contributed by atoms with Crippen LogP contribution in [0.4, 0.5) is 0 Å². The highest BCUT2D eigenvalue weighted by Gasteiger charge is 2.19. The molecule has 0 aliphatic rings. The van der Waals surface area contributed by atoms with Gasteiger partial charge in [-0.05, 0) is 44.9 Å². The Bertz CT molecular complexity index is 1020. The lowest BCUT2D eigenvalue weighted by Crippen LogP contribution is -2.30. The minimum Gasteiger partial charge on any atom is -0.462 e. The number of allylic oxidation sites excluding steroid dienone is 2. The number of hydrogen-bond acceptors (Lipinski definition) is 6. The zero-order chi connectivity index (χ0) is 47.9. The van der Waals surface area contributed by atoms with Crippen LogP contribution in [0, 0.1) is 0 Å². The molecule has 390 valence electrons. The smallest absolute Gasteiger partial charge is 0.306 e. The van der Waals surface area contributed by atoms with E-state index < -0.39 is 6.10 Å². The number of ether oxygens (including phenoxy) is 3. The van der Waals surface area contributed by atoms with E-state index in [0.717, 1.165) is 57.8 Å². The summed E-state index contributed by atoms with van der Waals surface area (Å²) in [4.78, 5) is 38.0.